The van der Waals surface area contributed by atoms with Crippen LogP contribution in [0.25, 0.3) is 0 Å². The zero-order chi connectivity index (χ0) is 25.8. The van der Waals surface area contributed by atoms with Crippen molar-refractivity contribution >= 4 is 25.2 Å². The molecule has 3 rings (SSSR count). The van der Waals surface area contributed by atoms with Crippen LogP contribution in [0.4, 0.5) is 4.79 Å². The normalized spacial score (nSPS) is 24.8. The summed E-state index contributed by atoms with van der Waals surface area (Å²) in [6.07, 6.45) is 0.431. The van der Waals surface area contributed by atoms with E-state index in [4.69, 9.17) is 23.5 Å². The fourth-order valence-electron chi connectivity index (χ4n) is 4.58. The molecule has 0 N–H and O–H groups in total. The predicted octanol–water partition coefficient (Wildman–Crippen LogP) is 3.60. The van der Waals surface area contributed by atoms with E-state index in [1.54, 1.807) is 0 Å². The van der Waals surface area contributed by atoms with Gasteiger partial charge in [-0.05, 0) is 46.0 Å². The van der Waals surface area contributed by atoms with Crippen molar-refractivity contribution in [3.8, 4) is 0 Å². The molecule has 0 unspecified atom stereocenters. The molecule has 192 valence electrons. The fourth-order valence-corrected chi connectivity index (χ4v) is 4.58. The predicted molar refractivity (Wildman–Crippen MR) is 128 cm³/mol. The Bertz CT molecular complexity index is 890. The van der Waals surface area contributed by atoms with Crippen molar-refractivity contribution in [2.45, 2.75) is 83.7 Å². The molecule has 0 bridgehead atoms. The van der Waals surface area contributed by atoms with Gasteiger partial charge in [-0.1, -0.05) is 36.8 Å². The molecule has 3 atom stereocenters. The summed E-state index contributed by atoms with van der Waals surface area (Å²) in [6, 6.07) is 8.33. The molecule has 2 heterocycles. The first-order chi connectivity index (χ1) is 16.4. The van der Waals surface area contributed by atoms with Crippen molar-refractivity contribution in [1.29, 1.82) is 0 Å². The lowest BCUT2D eigenvalue weighted by Gasteiger charge is -2.32. The topological polar surface area (TPSA) is 101 Å². The molecule has 0 spiro atoms. The average molecular weight is 489 g/mol. The first-order valence-electron chi connectivity index (χ1n) is 12.0. The molecule has 2 saturated heterocycles. The van der Waals surface area contributed by atoms with Crippen LogP contribution < -0.4 is 0 Å². The van der Waals surface area contributed by atoms with Crippen LogP contribution in [0.3, 0.4) is 0 Å². The molecule has 1 aromatic carbocycles. The van der Waals surface area contributed by atoms with Gasteiger partial charge in [0.2, 0.25) is 0 Å². The van der Waals surface area contributed by atoms with Crippen LogP contribution in [0.1, 0.15) is 53.0 Å². The minimum atomic E-state index is -0.925. The Hall–Kier alpha value is -2.59. The Morgan fingerprint density at radius 3 is 2.29 bits per heavy atom. The third-order valence-electron chi connectivity index (χ3n) is 7.07. The van der Waals surface area contributed by atoms with E-state index in [2.05, 4.69) is 0 Å². The van der Waals surface area contributed by atoms with E-state index < -0.39 is 47.3 Å². The summed E-state index contributed by atoms with van der Waals surface area (Å²) >= 11 is 0. The summed E-state index contributed by atoms with van der Waals surface area (Å²) in [4.78, 5) is 38.8. The lowest BCUT2D eigenvalue weighted by molar-refractivity contribution is -0.151. The monoisotopic (exact) mass is 489 g/mol. The number of likely N-dealkylation sites (tertiary alicyclic amines) is 1. The Morgan fingerprint density at radius 1 is 1.09 bits per heavy atom. The molecule has 2 fully saturated rings. The number of carbonyl (C=O) groups excluding carboxylic acids is 3. The van der Waals surface area contributed by atoms with E-state index >= 15 is 0 Å². The highest BCUT2D eigenvalue weighted by Crippen LogP contribution is 2.39. The highest BCUT2D eigenvalue weighted by Gasteiger charge is 2.52. The quantitative estimate of drug-likeness (QED) is 0.310. The van der Waals surface area contributed by atoms with Gasteiger partial charge in [0.1, 0.15) is 18.8 Å². The highest BCUT2D eigenvalue weighted by atomic mass is 16.7. The van der Waals surface area contributed by atoms with Crippen molar-refractivity contribution < 1.29 is 37.9 Å². The third-order valence-corrected chi connectivity index (χ3v) is 7.07. The number of ether oxygens (including phenoxy) is 3. The molecule has 10 heteroatoms. The number of nitrogens with zero attached hydrogens (tertiary/aromatic N) is 1. The maximum absolute atomic E-state index is 13.0. The summed E-state index contributed by atoms with van der Waals surface area (Å²) < 4.78 is 28.1. The summed E-state index contributed by atoms with van der Waals surface area (Å²) in [7, 11) is 0.897. The maximum atomic E-state index is 13.0. The molecule has 2 aliphatic heterocycles. The molecule has 0 aromatic heterocycles. The van der Waals surface area contributed by atoms with E-state index in [9.17, 15) is 14.4 Å². The minimum Gasteiger partial charge on any atom is -0.467 e. The molecule has 1 aromatic rings. The number of methoxy groups -OCH3 is 1. The van der Waals surface area contributed by atoms with Gasteiger partial charge >= 0.3 is 25.2 Å². The van der Waals surface area contributed by atoms with Crippen LogP contribution in [0, 0.1) is 5.92 Å². The largest absolute Gasteiger partial charge is 0.467 e. The second kappa shape index (κ2) is 11.0. The molecule has 9 nitrogen and oxygen atoms in total. The number of amides is 1. The first kappa shape index (κ1) is 27.0. The smallest absolute Gasteiger partial charge is 0.457 e. The van der Waals surface area contributed by atoms with Crippen LogP contribution in [0.2, 0.25) is 6.32 Å². The van der Waals surface area contributed by atoms with Gasteiger partial charge in [0.25, 0.3) is 0 Å². The number of hydrogen-bond donors (Lipinski definition) is 0. The number of hydrogen-bond acceptors (Lipinski definition) is 8. The van der Waals surface area contributed by atoms with Crippen molar-refractivity contribution in [3.05, 3.63) is 35.9 Å². The highest BCUT2D eigenvalue weighted by molar-refractivity contribution is 6.45. The molecule has 35 heavy (non-hydrogen) atoms. The average Bonchev–Trinajstić information content (AvgIpc) is 3.24. The van der Waals surface area contributed by atoms with E-state index in [0.717, 1.165) is 5.56 Å². The molecule has 0 saturated carbocycles. The van der Waals surface area contributed by atoms with Gasteiger partial charge in [0.05, 0.1) is 24.9 Å². The number of carbonyl (C=O) groups is 3. The summed E-state index contributed by atoms with van der Waals surface area (Å²) in [5.41, 5.74) is -0.0385. The van der Waals surface area contributed by atoms with Crippen LogP contribution in [-0.2, 0) is 39.7 Å². The van der Waals surface area contributed by atoms with Crippen LogP contribution >= 0.6 is 0 Å². The number of esters is 2. The van der Waals surface area contributed by atoms with E-state index in [1.165, 1.54) is 18.9 Å². The number of rotatable bonds is 8. The molecular formula is C25H36BNO8. The summed E-state index contributed by atoms with van der Waals surface area (Å²) in [5, 5.41) is 0. The Morgan fingerprint density at radius 2 is 1.71 bits per heavy atom. The minimum absolute atomic E-state index is 0.0497. The molecular weight excluding hydrogens is 453 g/mol. The molecule has 0 radical (unpaired) electrons. The zero-order valence-electron chi connectivity index (χ0n) is 21.4. The Labute approximate surface area is 207 Å². The maximum Gasteiger partial charge on any atom is 0.457 e. The second-order valence-electron chi connectivity index (χ2n) is 10.1. The Kier molecular flexibility index (Phi) is 8.48. The van der Waals surface area contributed by atoms with Gasteiger partial charge in [-0.2, -0.15) is 0 Å². The van der Waals surface area contributed by atoms with E-state index in [1.807, 2.05) is 58.0 Å². The Balaban J connectivity index is 1.69. The molecule has 1 amide bonds. The van der Waals surface area contributed by atoms with Crippen molar-refractivity contribution in [2.24, 2.45) is 5.92 Å². The van der Waals surface area contributed by atoms with Gasteiger partial charge < -0.3 is 23.5 Å². The SMILES string of the molecule is COC(=O)[C@@H]1[C@@H](CCCB2OC(C)(C)C(C)(C)O2)[C@@H](OC(C)=O)CN1C(=O)OCc1ccccc1. The fraction of sp³-hybridized carbons (Fsp3) is 0.640. The van der Waals surface area contributed by atoms with Gasteiger partial charge in [-0.3, -0.25) is 9.69 Å². The van der Waals surface area contributed by atoms with Gasteiger partial charge in [0.15, 0.2) is 0 Å². The van der Waals surface area contributed by atoms with Crippen LogP contribution in [-0.4, -0.2) is 67.1 Å². The van der Waals surface area contributed by atoms with Crippen molar-refractivity contribution in [1.82, 2.24) is 4.90 Å². The second-order valence-corrected chi connectivity index (χ2v) is 10.1. The zero-order valence-corrected chi connectivity index (χ0v) is 21.4. The lowest BCUT2D eigenvalue weighted by atomic mass is 9.79. The van der Waals surface area contributed by atoms with E-state index in [-0.39, 0.29) is 20.3 Å². The standard InChI is InChI=1S/C25H36BNO8/c1-17(28)33-20-15-27(23(30)32-16-18-11-8-7-9-12-18)21(22(29)31-6)19(20)13-10-14-26-34-24(2,3)25(4,5)35-26/h7-9,11-12,19-21H,10,13-16H2,1-6H3/t19-,20-,21-/m0/s1. The first-order valence-corrected chi connectivity index (χ1v) is 12.0. The van der Waals surface area contributed by atoms with Gasteiger partial charge in [0, 0.05) is 12.8 Å². The summed E-state index contributed by atoms with van der Waals surface area (Å²) in [6.45, 7) is 9.40. The van der Waals surface area contributed by atoms with Crippen molar-refractivity contribution in [2.75, 3.05) is 13.7 Å². The number of benzene rings is 1. The summed E-state index contributed by atoms with van der Waals surface area (Å²) in [5.74, 6) is -1.50. The van der Waals surface area contributed by atoms with Gasteiger partial charge in [-0.25, -0.2) is 9.59 Å². The lowest BCUT2D eigenvalue weighted by Crippen LogP contribution is -2.44. The molecule has 0 aliphatic carbocycles. The van der Waals surface area contributed by atoms with E-state index in [0.29, 0.717) is 19.2 Å². The van der Waals surface area contributed by atoms with Gasteiger partial charge in [-0.15, -0.1) is 0 Å². The van der Waals surface area contributed by atoms with Crippen molar-refractivity contribution in [3.63, 3.8) is 0 Å². The third kappa shape index (κ3) is 6.35. The van der Waals surface area contributed by atoms with Crippen LogP contribution in [0.15, 0.2) is 30.3 Å². The van der Waals surface area contributed by atoms with Crippen LogP contribution in [0.5, 0.6) is 0 Å². The molecule has 2 aliphatic rings.